The number of aromatic nitrogens is 1. The van der Waals surface area contributed by atoms with Crippen LogP contribution in [-0.2, 0) is 17.7 Å². The molecule has 1 aromatic carbocycles. The Labute approximate surface area is 155 Å². The molecule has 0 bridgehead atoms. The zero-order valence-electron chi connectivity index (χ0n) is 14.6. The van der Waals surface area contributed by atoms with Gasteiger partial charge in [-0.05, 0) is 19.1 Å². The predicted octanol–water partition coefficient (Wildman–Crippen LogP) is 3.31. The first-order valence-electron chi connectivity index (χ1n) is 8.22. The summed E-state index contributed by atoms with van der Waals surface area (Å²) in [6, 6.07) is 7.14. The molecule has 1 aliphatic heterocycles. The summed E-state index contributed by atoms with van der Waals surface area (Å²) in [6.45, 7) is 3.42. The Kier molecular flexibility index (Phi) is 5.57. The molecule has 0 saturated heterocycles. The van der Waals surface area contributed by atoms with Crippen LogP contribution in [0.25, 0.3) is 0 Å². The molecule has 3 rings (SSSR count). The predicted molar refractivity (Wildman–Crippen MR) is 98.9 cm³/mol. The second-order valence-electron chi connectivity index (χ2n) is 5.54. The van der Waals surface area contributed by atoms with Gasteiger partial charge in [-0.15, -0.1) is 0 Å². The molecule has 0 aliphatic carbocycles. The first kappa shape index (κ1) is 18.0. The first-order chi connectivity index (χ1) is 12.6. The molecular weight excluding hydrogens is 356 g/mol. The smallest absolute Gasteiger partial charge is 0.413 e. The van der Waals surface area contributed by atoms with Gasteiger partial charge in [0.25, 0.3) is 0 Å². The average Bonchev–Trinajstić information content (AvgIpc) is 3.04. The fourth-order valence-corrected chi connectivity index (χ4v) is 3.62. The molecule has 138 valence electrons. The number of carbonyl (C=O) groups excluding carboxylic acids is 2. The van der Waals surface area contributed by atoms with Gasteiger partial charge in [0.15, 0.2) is 5.13 Å². The molecule has 0 spiro atoms. The van der Waals surface area contributed by atoms with Crippen molar-refractivity contribution in [1.29, 1.82) is 0 Å². The molecule has 26 heavy (non-hydrogen) atoms. The summed E-state index contributed by atoms with van der Waals surface area (Å²) >= 11 is 1.35. The van der Waals surface area contributed by atoms with Crippen LogP contribution in [0.4, 0.5) is 20.4 Å². The lowest BCUT2D eigenvalue weighted by molar-refractivity contribution is 0.187. The lowest BCUT2D eigenvalue weighted by Crippen LogP contribution is -2.38. The Bertz CT molecular complexity index is 808. The highest BCUT2D eigenvalue weighted by molar-refractivity contribution is 7.15. The number of ether oxygens (including phenoxy) is 2. The Morgan fingerprint density at radius 2 is 2.12 bits per heavy atom. The van der Waals surface area contributed by atoms with E-state index in [4.69, 9.17) is 4.74 Å². The van der Waals surface area contributed by atoms with E-state index in [1.165, 1.54) is 18.4 Å². The number of nitrogens with zero attached hydrogens (tertiary/aromatic N) is 2. The third-order valence-corrected chi connectivity index (χ3v) is 4.84. The molecule has 0 radical (unpaired) electrons. The number of amides is 3. The van der Waals surface area contributed by atoms with E-state index in [0.29, 0.717) is 42.7 Å². The summed E-state index contributed by atoms with van der Waals surface area (Å²) < 4.78 is 10.1. The highest BCUT2D eigenvalue weighted by Crippen LogP contribution is 2.29. The number of thiazole rings is 1. The molecule has 0 fully saturated rings. The van der Waals surface area contributed by atoms with E-state index in [1.54, 1.807) is 4.90 Å². The maximum atomic E-state index is 12.6. The Balaban J connectivity index is 1.67. The van der Waals surface area contributed by atoms with Gasteiger partial charge in [-0.1, -0.05) is 23.5 Å². The molecule has 1 aromatic heterocycles. The molecular formula is C17H20N4O4S. The number of anilines is 2. The Hall–Kier alpha value is -2.81. The van der Waals surface area contributed by atoms with Crippen molar-refractivity contribution in [1.82, 2.24) is 9.88 Å². The van der Waals surface area contributed by atoms with E-state index in [9.17, 15) is 9.59 Å². The van der Waals surface area contributed by atoms with Gasteiger partial charge in [-0.25, -0.2) is 14.6 Å². The van der Waals surface area contributed by atoms with Crippen molar-refractivity contribution in [3.05, 3.63) is 34.8 Å². The number of fused-ring (bicyclic) bond motifs is 1. The molecule has 8 nitrogen and oxygen atoms in total. The van der Waals surface area contributed by atoms with Crippen LogP contribution >= 0.6 is 11.3 Å². The van der Waals surface area contributed by atoms with Crippen LogP contribution in [0.3, 0.4) is 0 Å². The van der Waals surface area contributed by atoms with Crippen LogP contribution in [0.15, 0.2) is 24.3 Å². The summed E-state index contributed by atoms with van der Waals surface area (Å²) in [5.74, 6) is 0.642. The molecule has 3 amide bonds. The van der Waals surface area contributed by atoms with Gasteiger partial charge in [0, 0.05) is 17.8 Å². The topological polar surface area (TPSA) is 92.8 Å². The number of urea groups is 1. The fourth-order valence-electron chi connectivity index (χ4n) is 2.61. The maximum absolute atomic E-state index is 12.6. The van der Waals surface area contributed by atoms with Crippen molar-refractivity contribution in [2.75, 3.05) is 30.9 Å². The van der Waals surface area contributed by atoms with Crippen molar-refractivity contribution in [3.63, 3.8) is 0 Å². The van der Waals surface area contributed by atoms with E-state index in [0.717, 1.165) is 10.6 Å². The van der Waals surface area contributed by atoms with Crippen LogP contribution < -0.4 is 15.4 Å². The summed E-state index contributed by atoms with van der Waals surface area (Å²) in [4.78, 5) is 31.0. The Morgan fingerprint density at radius 3 is 2.88 bits per heavy atom. The largest absolute Gasteiger partial charge is 0.492 e. The minimum Gasteiger partial charge on any atom is -0.492 e. The van der Waals surface area contributed by atoms with Gasteiger partial charge < -0.3 is 19.7 Å². The van der Waals surface area contributed by atoms with Gasteiger partial charge in [0.1, 0.15) is 5.75 Å². The van der Waals surface area contributed by atoms with Crippen molar-refractivity contribution in [3.8, 4) is 5.75 Å². The zero-order valence-corrected chi connectivity index (χ0v) is 15.4. The van der Waals surface area contributed by atoms with Crippen molar-refractivity contribution in [2.24, 2.45) is 0 Å². The second kappa shape index (κ2) is 8.05. The van der Waals surface area contributed by atoms with Crippen LogP contribution in [0.5, 0.6) is 5.75 Å². The number of hydrogen-bond acceptors (Lipinski definition) is 6. The van der Waals surface area contributed by atoms with Crippen LogP contribution in [0, 0.1) is 0 Å². The molecule has 0 saturated carbocycles. The number of para-hydroxylation sites is 2. The van der Waals surface area contributed by atoms with E-state index >= 15 is 0 Å². The van der Waals surface area contributed by atoms with Crippen LogP contribution in [0.2, 0.25) is 0 Å². The van der Waals surface area contributed by atoms with E-state index in [-0.39, 0.29) is 6.03 Å². The molecule has 2 heterocycles. The van der Waals surface area contributed by atoms with Gasteiger partial charge in [0.2, 0.25) is 0 Å². The third-order valence-electron chi connectivity index (χ3n) is 3.84. The quantitative estimate of drug-likeness (QED) is 0.854. The standard InChI is InChI=1S/C17H20N4O4S/c1-3-25-13-7-5-4-6-11(13)19-16(22)21-9-8-12-14(10-21)26-15(18-12)20-17(23)24-2/h4-7H,3,8-10H2,1-2H3,(H,19,22)(H,18,20,23). The van der Waals surface area contributed by atoms with Gasteiger partial charge in [-0.2, -0.15) is 0 Å². The third kappa shape index (κ3) is 4.05. The van der Waals surface area contributed by atoms with Gasteiger partial charge in [-0.3, -0.25) is 5.32 Å². The van der Waals surface area contributed by atoms with E-state index < -0.39 is 6.09 Å². The fraction of sp³-hybridized carbons (Fsp3) is 0.353. The highest BCUT2D eigenvalue weighted by atomic mass is 32.1. The molecule has 1 aliphatic rings. The second-order valence-corrected chi connectivity index (χ2v) is 6.62. The minimum absolute atomic E-state index is 0.196. The van der Waals surface area contributed by atoms with E-state index in [2.05, 4.69) is 20.4 Å². The average molecular weight is 376 g/mol. The lowest BCUT2D eigenvalue weighted by atomic mass is 10.2. The number of methoxy groups -OCH3 is 1. The van der Waals surface area contributed by atoms with Crippen LogP contribution in [0.1, 0.15) is 17.5 Å². The van der Waals surface area contributed by atoms with Gasteiger partial charge >= 0.3 is 12.1 Å². The van der Waals surface area contributed by atoms with Crippen molar-refractivity contribution in [2.45, 2.75) is 19.9 Å². The summed E-state index contributed by atoms with van der Waals surface area (Å²) in [5, 5.41) is 5.94. The molecule has 2 N–H and O–H groups in total. The summed E-state index contributed by atoms with van der Waals surface area (Å²) in [5.41, 5.74) is 1.54. The SMILES string of the molecule is CCOc1ccccc1NC(=O)N1CCc2nc(NC(=O)OC)sc2C1. The van der Waals surface area contributed by atoms with Gasteiger partial charge in [0.05, 0.1) is 31.6 Å². The number of benzene rings is 1. The van der Waals surface area contributed by atoms with E-state index in [1.807, 2.05) is 31.2 Å². The highest BCUT2D eigenvalue weighted by Gasteiger charge is 2.25. The Morgan fingerprint density at radius 1 is 1.31 bits per heavy atom. The summed E-state index contributed by atoms with van der Waals surface area (Å²) in [7, 11) is 1.30. The molecule has 0 atom stereocenters. The monoisotopic (exact) mass is 376 g/mol. The molecule has 2 aromatic rings. The first-order valence-corrected chi connectivity index (χ1v) is 9.03. The lowest BCUT2D eigenvalue weighted by Gasteiger charge is -2.26. The van der Waals surface area contributed by atoms with Crippen LogP contribution in [-0.4, -0.2) is 42.3 Å². The molecule has 0 unspecified atom stereocenters. The number of rotatable bonds is 4. The maximum Gasteiger partial charge on any atom is 0.413 e. The normalized spacial score (nSPS) is 12.9. The zero-order chi connectivity index (χ0) is 18.5. The number of carbonyl (C=O) groups is 2. The van der Waals surface area contributed by atoms with Crippen molar-refractivity contribution >= 4 is 34.3 Å². The minimum atomic E-state index is -0.557. The number of hydrogen-bond donors (Lipinski definition) is 2. The summed E-state index contributed by atoms with van der Waals surface area (Å²) in [6.07, 6.45) is 0.0769. The van der Waals surface area contributed by atoms with Crippen molar-refractivity contribution < 1.29 is 19.1 Å². The molecule has 9 heteroatoms. The number of nitrogens with one attached hydrogen (secondary N) is 2.